The van der Waals surface area contributed by atoms with Crippen molar-refractivity contribution in [2.75, 3.05) is 16.4 Å². The molecule has 1 aromatic heterocycles. The van der Waals surface area contributed by atoms with Gasteiger partial charge in [0.15, 0.2) is 17.3 Å². The highest BCUT2D eigenvalue weighted by Crippen LogP contribution is 2.36. The summed E-state index contributed by atoms with van der Waals surface area (Å²) in [6.45, 7) is 0. The number of phenolic OH excluding ortho intramolecular Hbond substituents is 1. The highest BCUT2D eigenvalue weighted by molar-refractivity contribution is 5.78. The topological polar surface area (TPSA) is 126 Å². The Balaban J connectivity index is 1.93. The molecule has 1 fully saturated rings. The molecule has 0 unspecified atom stereocenters. The van der Waals surface area contributed by atoms with Crippen LogP contribution in [0.1, 0.15) is 12.8 Å². The number of hydrogen-bond acceptors (Lipinski definition) is 8. The van der Waals surface area contributed by atoms with Crippen molar-refractivity contribution in [2.45, 2.75) is 18.9 Å². The zero-order valence-electron chi connectivity index (χ0n) is 11.1. The van der Waals surface area contributed by atoms with Crippen molar-refractivity contribution in [2.24, 2.45) is 5.18 Å². The Morgan fingerprint density at radius 1 is 1.19 bits per heavy atom. The first-order valence-electron chi connectivity index (χ1n) is 6.49. The van der Waals surface area contributed by atoms with E-state index < -0.39 is 0 Å². The smallest absolute Gasteiger partial charge is 0.224 e. The second kappa shape index (κ2) is 5.23. The van der Waals surface area contributed by atoms with Crippen LogP contribution in [0.25, 0.3) is 0 Å². The van der Waals surface area contributed by atoms with E-state index in [1.807, 2.05) is 0 Å². The summed E-state index contributed by atoms with van der Waals surface area (Å²) >= 11 is 0. The number of nitrogens with two attached hydrogens (primary N) is 1. The number of nitrogen functional groups attached to an aromatic ring is 1. The van der Waals surface area contributed by atoms with Gasteiger partial charge in [-0.15, -0.1) is 4.91 Å². The fourth-order valence-electron chi connectivity index (χ4n) is 1.85. The molecule has 0 atom stereocenters. The average molecular weight is 286 g/mol. The van der Waals surface area contributed by atoms with E-state index in [1.54, 1.807) is 12.1 Å². The standard InChI is InChI=1S/C13H14N6O2/c14-13-17-11(15-7-1-2-7)10(19-21)12(18-13)16-8-3-5-9(20)6-4-8/h3-7,20H,1-2H2,(H4,14,15,16,17,18). The van der Waals surface area contributed by atoms with Crippen LogP contribution < -0.4 is 16.4 Å². The number of aromatic nitrogens is 2. The lowest BCUT2D eigenvalue weighted by molar-refractivity contribution is 0.475. The summed E-state index contributed by atoms with van der Waals surface area (Å²) in [4.78, 5) is 19.1. The molecular formula is C13H14N6O2. The molecule has 108 valence electrons. The van der Waals surface area contributed by atoms with Gasteiger partial charge in [-0.1, -0.05) is 0 Å². The molecular weight excluding hydrogens is 272 g/mol. The van der Waals surface area contributed by atoms with Crippen LogP contribution in [0.15, 0.2) is 29.4 Å². The van der Waals surface area contributed by atoms with Gasteiger partial charge in [0, 0.05) is 11.7 Å². The Bertz CT molecular complexity index is 669. The number of rotatable bonds is 5. The van der Waals surface area contributed by atoms with E-state index in [0.29, 0.717) is 17.5 Å². The molecule has 8 nitrogen and oxygen atoms in total. The zero-order chi connectivity index (χ0) is 14.8. The van der Waals surface area contributed by atoms with Gasteiger partial charge < -0.3 is 21.5 Å². The Morgan fingerprint density at radius 3 is 2.48 bits per heavy atom. The van der Waals surface area contributed by atoms with Crippen molar-refractivity contribution >= 4 is 29.0 Å². The van der Waals surface area contributed by atoms with Crippen LogP contribution in [0, 0.1) is 4.91 Å². The van der Waals surface area contributed by atoms with E-state index in [4.69, 9.17) is 5.73 Å². The quantitative estimate of drug-likeness (QED) is 0.491. The largest absolute Gasteiger partial charge is 0.508 e. The van der Waals surface area contributed by atoms with Crippen LogP contribution in [-0.4, -0.2) is 21.1 Å². The van der Waals surface area contributed by atoms with Gasteiger partial charge >= 0.3 is 0 Å². The molecule has 0 radical (unpaired) electrons. The van der Waals surface area contributed by atoms with Crippen molar-refractivity contribution in [3.63, 3.8) is 0 Å². The van der Waals surface area contributed by atoms with Gasteiger partial charge in [0.2, 0.25) is 5.95 Å². The van der Waals surface area contributed by atoms with Crippen LogP contribution in [0.3, 0.4) is 0 Å². The molecule has 0 spiro atoms. The minimum atomic E-state index is 0.0480. The molecule has 1 heterocycles. The average Bonchev–Trinajstić information content (AvgIpc) is 3.25. The molecule has 21 heavy (non-hydrogen) atoms. The first-order chi connectivity index (χ1) is 10.2. The minimum absolute atomic E-state index is 0.0480. The lowest BCUT2D eigenvalue weighted by Crippen LogP contribution is -2.08. The summed E-state index contributed by atoms with van der Waals surface area (Å²) in [7, 11) is 0. The van der Waals surface area contributed by atoms with Crippen molar-refractivity contribution in [1.82, 2.24) is 9.97 Å². The van der Waals surface area contributed by atoms with E-state index in [0.717, 1.165) is 12.8 Å². The number of benzene rings is 1. The maximum Gasteiger partial charge on any atom is 0.224 e. The Kier molecular flexibility index (Phi) is 3.27. The summed E-state index contributed by atoms with van der Waals surface area (Å²) in [5.74, 6) is 0.757. The fourth-order valence-corrected chi connectivity index (χ4v) is 1.85. The molecule has 1 saturated carbocycles. The third-order valence-electron chi connectivity index (χ3n) is 3.04. The van der Waals surface area contributed by atoms with Gasteiger partial charge in [-0.25, -0.2) is 0 Å². The van der Waals surface area contributed by atoms with Crippen molar-refractivity contribution in [1.29, 1.82) is 0 Å². The number of nitrogens with one attached hydrogen (secondary N) is 2. The zero-order valence-corrected chi connectivity index (χ0v) is 11.1. The van der Waals surface area contributed by atoms with Crippen LogP contribution in [0.4, 0.5) is 29.0 Å². The molecule has 3 rings (SSSR count). The number of hydrogen-bond donors (Lipinski definition) is 4. The third kappa shape index (κ3) is 2.99. The normalized spacial score (nSPS) is 13.7. The van der Waals surface area contributed by atoms with Crippen molar-refractivity contribution < 1.29 is 5.11 Å². The number of aromatic hydroxyl groups is 1. The second-order valence-electron chi connectivity index (χ2n) is 4.81. The lowest BCUT2D eigenvalue weighted by atomic mass is 10.3. The van der Waals surface area contributed by atoms with E-state index in [9.17, 15) is 10.0 Å². The molecule has 0 amide bonds. The fraction of sp³-hybridized carbons (Fsp3) is 0.231. The van der Waals surface area contributed by atoms with E-state index in [-0.39, 0.29) is 23.2 Å². The van der Waals surface area contributed by atoms with Crippen molar-refractivity contribution in [3.8, 4) is 5.75 Å². The highest BCUT2D eigenvalue weighted by Gasteiger charge is 2.25. The summed E-state index contributed by atoms with van der Waals surface area (Å²) in [5, 5.41) is 18.3. The molecule has 0 saturated heterocycles. The minimum Gasteiger partial charge on any atom is -0.508 e. The summed E-state index contributed by atoms with van der Waals surface area (Å²) in [5.41, 5.74) is 6.40. The molecule has 0 bridgehead atoms. The molecule has 1 aliphatic rings. The van der Waals surface area contributed by atoms with Crippen LogP contribution in [-0.2, 0) is 0 Å². The predicted octanol–water partition coefficient (Wildman–Crippen LogP) is 2.48. The van der Waals surface area contributed by atoms with E-state index in [2.05, 4.69) is 25.8 Å². The van der Waals surface area contributed by atoms with Gasteiger partial charge in [-0.2, -0.15) is 9.97 Å². The maximum absolute atomic E-state index is 11.1. The predicted molar refractivity (Wildman–Crippen MR) is 79.9 cm³/mol. The van der Waals surface area contributed by atoms with E-state index in [1.165, 1.54) is 12.1 Å². The maximum atomic E-state index is 11.1. The van der Waals surface area contributed by atoms with Crippen LogP contribution in [0.2, 0.25) is 0 Å². The Morgan fingerprint density at radius 2 is 1.86 bits per heavy atom. The molecule has 2 aromatic rings. The molecule has 1 aliphatic carbocycles. The van der Waals surface area contributed by atoms with Gasteiger partial charge in [0.1, 0.15) is 5.75 Å². The first-order valence-corrected chi connectivity index (χ1v) is 6.49. The second-order valence-corrected chi connectivity index (χ2v) is 4.81. The molecule has 0 aliphatic heterocycles. The molecule has 8 heteroatoms. The SMILES string of the molecule is Nc1nc(Nc2ccc(O)cc2)c(N=O)c(NC2CC2)n1. The monoisotopic (exact) mass is 286 g/mol. The first kappa shape index (κ1) is 13.1. The lowest BCUT2D eigenvalue weighted by Gasteiger charge is -2.12. The summed E-state index contributed by atoms with van der Waals surface area (Å²) in [6.07, 6.45) is 2.06. The molecule has 1 aromatic carbocycles. The van der Waals surface area contributed by atoms with Gasteiger partial charge in [0.05, 0.1) is 0 Å². The number of anilines is 4. The summed E-state index contributed by atoms with van der Waals surface area (Å²) < 4.78 is 0. The Hall–Kier alpha value is -2.90. The summed E-state index contributed by atoms with van der Waals surface area (Å²) in [6, 6.07) is 6.64. The van der Waals surface area contributed by atoms with Gasteiger partial charge in [-0.05, 0) is 42.3 Å². The third-order valence-corrected chi connectivity index (χ3v) is 3.04. The van der Waals surface area contributed by atoms with Gasteiger partial charge in [-0.3, -0.25) is 0 Å². The number of nitrogens with zero attached hydrogens (tertiary/aromatic N) is 3. The number of nitroso groups, excluding NO2 is 1. The highest BCUT2D eigenvalue weighted by atomic mass is 16.3. The van der Waals surface area contributed by atoms with Gasteiger partial charge in [0.25, 0.3) is 0 Å². The molecule has 5 N–H and O–H groups in total. The number of phenols is 1. The van der Waals surface area contributed by atoms with Crippen LogP contribution in [0.5, 0.6) is 5.75 Å². The van der Waals surface area contributed by atoms with E-state index >= 15 is 0 Å². The van der Waals surface area contributed by atoms with Crippen LogP contribution >= 0.6 is 0 Å². The van der Waals surface area contributed by atoms with Crippen molar-refractivity contribution in [3.05, 3.63) is 29.2 Å². The Labute approximate surface area is 120 Å².